The Balaban J connectivity index is 1.71. The molecule has 0 saturated carbocycles. The van der Waals surface area contributed by atoms with Gasteiger partial charge in [0, 0.05) is 19.6 Å². The molecule has 0 bridgehead atoms. The third-order valence-electron chi connectivity index (χ3n) is 3.09. The van der Waals surface area contributed by atoms with Crippen LogP contribution >= 0.6 is 0 Å². The van der Waals surface area contributed by atoms with Crippen LogP contribution in [0.1, 0.15) is 12.0 Å². The topological polar surface area (TPSA) is 41.9 Å². The molecule has 1 N–H and O–H groups in total. The van der Waals surface area contributed by atoms with E-state index in [2.05, 4.69) is 11.0 Å². The molecule has 16 heavy (non-hydrogen) atoms. The van der Waals surface area contributed by atoms with E-state index in [1.165, 1.54) is 5.56 Å². The fourth-order valence-corrected chi connectivity index (χ4v) is 2.25. The van der Waals surface area contributed by atoms with Gasteiger partial charge in [0.15, 0.2) is 11.5 Å². The van der Waals surface area contributed by atoms with Gasteiger partial charge in [-0.05, 0) is 24.1 Å². The Morgan fingerprint density at radius 2 is 2.19 bits per heavy atom. The molecule has 0 spiro atoms. The highest BCUT2D eigenvalue weighted by Crippen LogP contribution is 2.33. The van der Waals surface area contributed by atoms with Gasteiger partial charge in [-0.3, -0.25) is 4.90 Å². The second kappa shape index (κ2) is 3.96. The Bertz CT molecular complexity index is 394. The van der Waals surface area contributed by atoms with Crippen LogP contribution in [0.4, 0.5) is 0 Å². The largest absolute Gasteiger partial charge is 0.454 e. The quantitative estimate of drug-likeness (QED) is 0.808. The number of ether oxygens (including phenoxy) is 2. The van der Waals surface area contributed by atoms with Crippen molar-refractivity contribution in [3.63, 3.8) is 0 Å². The summed E-state index contributed by atoms with van der Waals surface area (Å²) in [5.41, 5.74) is 1.21. The third kappa shape index (κ3) is 1.86. The van der Waals surface area contributed by atoms with E-state index in [1.54, 1.807) is 0 Å². The fraction of sp³-hybridized carbons (Fsp3) is 0.500. The van der Waals surface area contributed by atoms with E-state index in [0.29, 0.717) is 6.79 Å². The number of aliphatic hydroxyl groups excluding tert-OH is 1. The second-order valence-corrected chi connectivity index (χ2v) is 4.37. The molecule has 0 aliphatic carbocycles. The van der Waals surface area contributed by atoms with Crippen LogP contribution in [0.15, 0.2) is 18.2 Å². The molecule has 1 aromatic rings. The van der Waals surface area contributed by atoms with Crippen molar-refractivity contribution in [2.24, 2.45) is 0 Å². The number of hydrogen-bond donors (Lipinski definition) is 1. The average molecular weight is 221 g/mol. The van der Waals surface area contributed by atoms with E-state index in [4.69, 9.17) is 9.47 Å². The molecule has 3 rings (SSSR count). The molecule has 0 amide bonds. The fourth-order valence-electron chi connectivity index (χ4n) is 2.25. The lowest BCUT2D eigenvalue weighted by Gasteiger charge is -2.14. The lowest BCUT2D eigenvalue weighted by molar-refractivity contribution is 0.173. The van der Waals surface area contributed by atoms with E-state index in [9.17, 15) is 5.11 Å². The predicted octanol–water partition coefficient (Wildman–Crippen LogP) is 0.982. The first-order valence-electron chi connectivity index (χ1n) is 5.60. The normalized spacial score (nSPS) is 23.9. The molecule has 1 aromatic carbocycles. The highest BCUT2D eigenvalue weighted by atomic mass is 16.7. The van der Waals surface area contributed by atoms with Gasteiger partial charge in [-0.2, -0.15) is 0 Å². The van der Waals surface area contributed by atoms with Crippen molar-refractivity contribution >= 4 is 0 Å². The number of aliphatic hydroxyl groups is 1. The lowest BCUT2D eigenvalue weighted by Crippen LogP contribution is -2.21. The summed E-state index contributed by atoms with van der Waals surface area (Å²) in [5, 5.41) is 9.45. The van der Waals surface area contributed by atoms with E-state index < -0.39 is 0 Å². The van der Waals surface area contributed by atoms with Crippen LogP contribution in [0, 0.1) is 0 Å². The van der Waals surface area contributed by atoms with E-state index in [-0.39, 0.29) is 6.10 Å². The zero-order valence-electron chi connectivity index (χ0n) is 9.06. The summed E-state index contributed by atoms with van der Waals surface area (Å²) in [4.78, 5) is 2.25. The van der Waals surface area contributed by atoms with Gasteiger partial charge in [-0.25, -0.2) is 0 Å². The Morgan fingerprint density at radius 3 is 3.00 bits per heavy atom. The minimum Gasteiger partial charge on any atom is -0.454 e. The molecule has 0 unspecified atom stereocenters. The summed E-state index contributed by atoms with van der Waals surface area (Å²) in [6.45, 7) is 2.93. The van der Waals surface area contributed by atoms with E-state index in [1.807, 2.05) is 12.1 Å². The Hall–Kier alpha value is -1.26. The Labute approximate surface area is 94.4 Å². The lowest BCUT2D eigenvalue weighted by atomic mass is 10.2. The summed E-state index contributed by atoms with van der Waals surface area (Å²) in [5.74, 6) is 1.66. The van der Waals surface area contributed by atoms with Crippen LogP contribution in [-0.4, -0.2) is 36.0 Å². The number of hydrogen-bond acceptors (Lipinski definition) is 4. The zero-order chi connectivity index (χ0) is 11.0. The van der Waals surface area contributed by atoms with Gasteiger partial charge < -0.3 is 14.6 Å². The summed E-state index contributed by atoms with van der Waals surface area (Å²) in [7, 11) is 0. The molecule has 4 heteroatoms. The molecule has 1 fully saturated rings. The molecule has 0 radical (unpaired) electrons. The number of fused-ring (bicyclic) bond motifs is 1. The van der Waals surface area contributed by atoms with Crippen LogP contribution in [0.5, 0.6) is 11.5 Å². The highest BCUT2D eigenvalue weighted by molar-refractivity contribution is 5.44. The summed E-state index contributed by atoms with van der Waals surface area (Å²) < 4.78 is 10.6. The summed E-state index contributed by atoms with van der Waals surface area (Å²) >= 11 is 0. The number of benzene rings is 1. The van der Waals surface area contributed by atoms with Crippen molar-refractivity contribution in [3.05, 3.63) is 23.8 Å². The smallest absolute Gasteiger partial charge is 0.231 e. The first-order valence-corrected chi connectivity index (χ1v) is 5.60. The average Bonchev–Trinajstić information content (AvgIpc) is 2.87. The van der Waals surface area contributed by atoms with Crippen LogP contribution in [-0.2, 0) is 6.54 Å². The van der Waals surface area contributed by atoms with Gasteiger partial charge >= 0.3 is 0 Å². The van der Waals surface area contributed by atoms with Crippen molar-refractivity contribution in [1.29, 1.82) is 0 Å². The molecule has 2 aliphatic heterocycles. The molecule has 2 heterocycles. The predicted molar refractivity (Wildman–Crippen MR) is 58.5 cm³/mol. The first kappa shape index (κ1) is 9.93. The number of likely N-dealkylation sites (tertiary alicyclic amines) is 1. The molecule has 1 atom stereocenters. The van der Waals surface area contributed by atoms with Crippen LogP contribution in [0.25, 0.3) is 0 Å². The monoisotopic (exact) mass is 221 g/mol. The van der Waals surface area contributed by atoms with Crippen molar-refractivity contribution in [2.75, 3.05) is 19.9 Å². The Morgan fingerprint density at radius 1 is 1.31 bits per heavy atom. The van der Waals surface area contributed by atoms with Gasteiger partial charge in [0.25, 0.3) is 0 Å². The zero-order valence-corrected chi connectivity index (χ0v) is 9.06. The summed E-state index contributed by atoms with van der Waals surface area (Å²) in [6.07, 6.45) is 0.721. The third-order valence-corrected chi connectivity index (χ3v) is 3.09. The molecule has 1 saturated heterocycles. The second-order valence-electron chi connectivity index (χ2n) is 4.37. The summed E-state index contributed by atoms with van der Waals surface area (Å²) in [6, 6.07) is 6.02. The molecule has 2 aliphatic rings. The minimum atomic E-state index is -0.158. The SMILES string of the molecule is O[C@H]1CCN(Cc2ccc3c(c2)OCO3)C1. The maximum Gasteiger partial charge on any atom is 0.231 e. The first-order chi connectivity index (χ1) is 7.81. The molecular weight excluding hydrogens is 206 g/mol. The maximum absolute atomic E-state index is 9.45. The van der Waals surface area contributed by atoms with E-state index in [0.717, 1.165) is 37.6 Å². The van der Waals surface area contributed by atoms with Crippen LogP contribution in [0.2, 0.25) is 0 Å². The number of rotatable bonds is 2. The van der Waals surface area contributed by atoms with E-state index >= 15 is 0 Å². The molecule has 4 nitrogen and oxygen atoms in total. The van der Waals surface area contributed by atoms with Crippen LogP contribution in [0.3, 0.4) is 0 Å². The minimum absolute atomic E-state index is 0.158. The standard InChI is InChI=1S/C12H15NO3/c14-10-3-4-13(7-10)6-9-1-2-11-12(5-9)16-8-15-11/h1-2,5,10,14H,3-4,6-8H2/t10-/m0/s1. The van der Waals surface area contributed by atoms with Gasteiger partial charge in [0.05, 0.1) is 6.10 Å². The van der Waals surface area contributed by atoms with Gasteiger partial charge in [0.1, 0.15) is 0 Å². The van der Waals surface area contributed by atoms with Gasteiger partial charge in [0.2, 0.25) is 6.79 Å². The molecule has 0 aromatic heterocycles. The number of nitrogens with zero attached hydrogens (tertiary/aromatic N) is 1. The van der Waals surface area contributed by atoms with Crippen LogP contribution < -0.4 is 9.47 Å². The Kier molecular flexibility index (Phi) is 2.46. The molecular formula is C12H15NO3. The van der Waals surface area contributed by atoms with Crippen molar-refractivity contribution in [1.82, 2.24) is 4.90 Å². The van der Waals surface area contributed by atoms with Crippen molar-refractivity contribution < 1.29 is 14.6 Å². The highest BCUT2D eigenvalue weighted by Gasteiger charge is 2.21. The van der Waals surface area contributed by atoms with Crippen molar-refractivity contribution in [3.8, 4) is 11.5 Å². The van der Waals surface area contributed by atoms with Crippen molar-refractivity contribution in [2.45, 2.75) is 19.1 Å². The maximum atomic E-state index is 9.45. The van der Waals surface area contributed by atoms with Gasteiger partial charge in [-0.15, -0.1) is 0 Å². The molecule has 86 valence electrons. The number of β-amino-alcohol motifs (C(OH)–C–C–N with tert-alkyl or cyclic N) is 1. The van der Waals surface area contributed by atoms with Gasteiger partial charge in [-0.1, -0.05) is 6.07 Å².